The zero-order valence-electron chi connectivity index (χ0n) is 10.1. The zero-order chi connectivity index (χ0) is 11.8. The van der Waals surface area contributed by atoms with Gasteiger partial charge in [0.2, 0.25) is 0 Å². The molecule has 0 aliphatic rings. The third-order valence-corrected chi connectivity index (χ3v) is 3.11. The number of hydrogen-bond acceptors (Lipinski definition) is 1. The molecule has 0 aliphatic heterocycles. The van der Waals surface area contributed by atoms with Gasteiger partial charge in [-0.1, -0.05) is 49.8 Å². The van der Waals surface area contributed by atoms with Crippen molar-refractivity contribution in [2.75, 3.05) is 6.61 Å². The maximum atomic E-state index is 9.18. The highest BCUT2D eigenvalue weighted by molar-refractivity contribution is 5.21. The molecule has 1 rings (SSSR count). The van der Waals surface area contributed by atoms with Crippen molar-refractivity contribution in [1.29, 1.82) is 0 Å². The fraction of sp³-hybridized carbons (Fsp3) is 0.467. The van der Waals surface area contributed by atoms with Crippen molar-refractivity contribution in [1.82, 2.24) is 0 Å². The lowest BCUT2D eigenvalue weighted by atomic mass is 9.81. The summed E-state index contributed by atoms with van der Waals surface area (Å²) in [5.74, 6) is 0.878. The Morgan fingerprint density at radius 3 is 2.44 bits per heavy atom. The van der Waals surface area contributed by atoms with E-state index in [-0.39, 0.29) is 6.61 Å². The molecule has 0 amide bonds. The lowest BCUT2D eigenvalue weighted by molar-refractivity contribution is 0.260. The van der Waals surface area contributed by atoms with Crippen LogP contribution in [0.3, 0.4) is 0 Å². The Morgan fingerprint density at radius 2 is 1.94 bits per heavy atom. The van der Waals surface area contributed by atoms with E-state index in [9.17, 15) is 5.11 Å². The van der Waals surface area contributed by atoms with Crippen LogP contribution in [0.5, 0.6) is 0 Å². The van der Waals surface area contributed by atoms with E-state index in [4.69, 9.17) is 0 Å². The van der Waals surface area contributed by atoms with E-state index in [0.717, 1.165) is 19.3 Å². The summed E-state index contributed by atoms with van der Waals surface area (Å²) in [5.41, 5.74) is 1.31. The first kappa shape index (κ1) is 13.0. The van der Waals surface area contributed by atoms with Crippen molar-refractivity contribution in [2.24, 2.45) is 5.92 Å². The first-order valence-corrected chi connectivity index (χ1v) is 6.11. The molecule has 0 radical (unpaired) electrons. The van der Waals surface area contributed by atoms with Crippen molar-refractivity contribution < 1.29 is 5.11 Å². The molecule has 1 aromatic carbocycles. The molecular weight excluding hydrogens is 196 g/mol. The van der Waals surface area contributed by atoms with E-state index in [0.29, 0.717) is 11.8 Å². The van der Waals surface area contributed by atoms with Crippen LogP contribution >= 0.6 is 0 Å². The Balaban J connectivity index is 2.84. The Bertz CT molecular complexity index is 292. The van der Waals surface area contributed by atoms with Crippen molar-refractivity contribution in [2.45, 2.75) is 32.1 Å². The van der Waals surface area contributed by atoms with Crippen molar-refractivity contribution in [3.63, 3.8) is 0 Å². The lowest BCUT2D eigenvalue weighted by Crippen LogP contribution is -2.12. The lowest BCUT2D eigenvalue weighted by Gasteiger charge is -2.24. The molecule has 2 unspecified atom stereocenters. The monoisotopic (exact) mass is 218 g/mol. The second kappa shape index (κ2) is 7.24. The Kier molecular flexibility index (Phi) is 5.87. The molecule has 16 heavy (non-hydrogen) atoms. The van der Waals surface area contributed by atoms with Crippen molar-refractivity contribution >= 4 is 0 Å². The van der Waals surface area contributed by atoms with Crippen molar-refractivity contribution in [3.05, 3.63) is 48.6 Å². The summed E-state index contributed by atoms with van der Waals surface area (Å²) in [4.78, 5) is 0. The molecular formula is C15H22O. The largest absolute Gasteiger partial charge is 0.396 e. The van der Waals surface area contributed by atoms with E-state index in [1.807, 2.05) is 12.1 Å². The molecule has 0 saturated heterocycles. The van der Waals surface area contributed by atoms with Gasteiger partial charge >= 0.3 is 0 Å². The van der Waals surface area contributed by atoms with Gasteiger partial charge in [-0.2, -0.15) is 0 Å². The molecule has 0 heterocycles. The molecule has 1 heteroatoms. The Hall–Kier alpha value is -1.08. The van der Waals surface area contributed by atoms with E-state index < -0.39 is 0 Å². The molecule has 2 atom stereocenters. The standard InChI is InChI=1S/C15H22O/c1-3-8-13(4-2)15(11-12-16)14-9-6-5-7-10-14/h4-7,9-10,13,15-16H,2-3,8,11-12H2,1H3. The molecule has 0 bridgehead atoms. The Morgan fingerprint density at radius 1 is 1.25 bits per heavy atom. The van der Waals surface area contributed by atoms with Crippen LogP contribution in [0.15, 0.2) is 43.0 Å². The third kappa shape index (κ3) is 3.49. The molecule has 1 aromatic rings. The topological polar surface area (TPSA) is 20.2 Å². The van der Waals surface area contributed by atoms with Gasteiger partial charge in [0.15, 0.2) is 0 Å². The molecule has 88 valence electrons. The van der Waals surface area contributed by atoms with Gasteiger partial charge in [-0.05, 0) is 30.2 Å². The smallest absolute Gasteiger partial charge is 0.0437 e. The van der Waals surface area contributed by atoms with E-state index in [1.165, 1.54) is 5.56 Å². The number of aliphatic hydroxyl groups is 1. The average molecular weight is 218 g/mol. The molecule has 1 N–H and O–H groups in total. The first-order valence-electron chi connectivity index (χ1n) is 6.11. The highest BCUT2D eigenvalue weighted by atomic mass is 16.3. The fourth-order valence-corrected chi connectivity index (χ4v) is 2.28. The molecule has 0 aliphatic carbocycles. The van der Waals surface area contributed by atoms with Gasteiger partial charge in [-0.15, -0.1) is 6.58 Å². The predicted octanol–water partition coefficient (Wildman–Crippen LogP) is 3.75. The van der Waals surface area contributed by atoms with Gasteiger partial charge in [-0.3, -0.25) is 0 Å². The number of allylic oxidation sites excluding steroid dienone is 1. The number of rotatable bonds is 7. The third-order valence-electron chi connectivity index (χ3n) is 3.11. The van der Waals surface area contributed by atoms with Gasteiger partial charge in [0.1, 0.15) is 0 Å². The second-order valence-corrected chi connectivity index (χ2v) is 4.22. The Labute approximate surface area is 98.8 Å². The fourth-order valence-electron chi connectivity index (χ4n) is 2.28. The van der Waals surface area contributed by atoms with Gasteiger partial charge in [0.25, 0.3) is 0 Å². The number of benzene rings is 1. The molecule has 0 aromatic heterocycles. The minimum Gasteiger partial charge on any atom is -0.396 e. The maximum absolute atomic E-state index is 9.18. The summed E-state index contributed by atoms with van der Waals surface area (Å²) in [6, 6.07) is 10.4. The summed E-state index contributed by atoms with van der Waals surface area (Å²) < 4.78 is 0. The quantitative estimate of drug-likeness (QED) is 0.691. The van der Waals surface area contributed by atoms with E-state index in [2.05, 4.69) is 37.8 Å². The first-order chi connectivity index (χ1) is 7.83. The summed E-state index contributed by atoms with van der Waals surface area (Å²) in [6.45, 7) is 6.36. The van der Waals surface area contributed by atoms with Crippen LogP contribution in [-0.2, 0) is 0 Å². The summed E-state index contributed by atoms with van der Waals surface area (Å²) >= 11 is 0. The van der Waals surface area contributed by atoms with Crippen LogP contribution in [0.1, 0.15) is 37.7 Å². The zero-order valence-corrected chi connectivity index (χ0v) is 10.1. The van der Waals surface area contributed by atoms with Crippen LogP contribution in [-0.4, -0.2) is 11.7 Å². The van der Waals surface area contributed by atoms with E-state index in [1.54, 1.807) is 0 Å². The SMILES string of the molecule is C=CC(CCC)C(CCO)c1ccccc1. The molecule has 0 spiro atoms. The number of hydrogen-bond donors (Lipinski definition) is 1. The normalized spacial score (nSPS) is 14.4. The van der Waals surface area contributed by atoms with Crippen LogP contribution < -0.4 is 0 Å². The predicted molar refractivity (Wildman–Crippen MR) is 69.5 cm³/mol. The molecule has 0 saturated carbocycles. The van der Waals surface area contributed by atoms with Crippen molar-refractivity contribution in [3.8, 4) is 0 Å². The average Bonchev–Trinajstić information content (AvgIpc) is 2.35. The van der Waals surface area contributed by atoms with Gasteiger partial charge in [0, 0.05) is 6.61 Å². The minimum atomic E-state index is 0.244. The highest BCUT2D eigenvalue weighted by Crippen LogP contribution is 2.31. The summed E-state index contributed by atoms with van der Waals surface area (Å²) in [7, 11) is 0. The van der Waals surface area contributed by atoms with Crippen LogP contribution in [0.4, 0.5) is 0 Å². The van der Waals surface area contributed by atoms with Gasteiger partial charge in [-0.25, -0.2) is 0 Å². The van der Waals surface area contributed by atoms with E-state index >= 15 is 0 Å². The maximum Gasteiger partial charge on any atom is 0.0437 e. The second-order valence-electron chi connectivity index (χ2n) is 4.22. The number of aliphatic hydroxyl groups excluding tert-OH is 1. The molecule has 0 fully saturated rings. The highest BCUT2D eigenvalue weighted by Gasteiger charge is 2.19. The van der Waals surface area contributed by atoms with Crippen LogP contribution in [0.2, 0.25) is 0 Å². The van der Waals surface area contributed by atoms with Crippen LogP contribution in [0.25, 0.3) is 0 Å². The van der Waals surface area contributed by atoms with Crippen LogP contribution in [0, 0.1) is 5.92 Å². The summed E-state index contributed by atoms with van der Waals surface area (Å²) in [6.07, 6.45) is 5.16. The van der Waals surface area contributed by atoms with Gasteiger partial charge < -0.3 is 5.11 Å². The molecule has 1 nitrogen and oxygen atoms in total. The summed E-state index contributed by atoms with van der Waals surface area (Å²) in [5, 5.41) is 9.18. The van der Waals surface area contributed by atoms with Gasteiger partial charge in [0.05, 0.1) is 0 Å². The minimum absolute atomic E-state index is 0.244.